The van der Waals surface area contributed by atoms with Gasteiger partial charge in [0.05, 0.1) is 11.4 Å². The van der Waals surface area contributed by atoms with Gasteiger partial charge in [0, 0.05) is 18.0 Å². The highest BCUT2D eigenvalue weighted by Crippen LogP contribution is 2.38. The maximum Gasteiger partial charge on any atom is 0.264 e. The molecule has 130 valence electrons. The molecule has 1 N–H and O–H groups in total. The fraction of sp³-hybridized carbons (Fsp3) is 0.263. The molecule has 1 aliphatic rings. The SMILES string of the molecule is CC(Cc1ccc(Cl)cc1)C(=O)Nc1cccc2c1OCC(=O)N2C. The molecule has 0 saturated heterocycles. The molecular formula is C19H19ClN2O3. The first-order valence-electron chi connectivity index (χ1n) is 8.03. The molecule has 25 heavy (non-hydrogen) atoms. The Morgan fingerprint density at radius 3 is 2.72 bits per heavy atom. The first-order valence-corrected chi connectivity index (χ1v) is 8.41. The zero-order valence-corrected chi connectivity index (χ0v) is 14.8. The topological polar surface area (TPSA) is 58.6 Å². The number of hydrogen-bond acceptors (Lipinski definition) is 3. The minimum absolute atomic E-state index is 0.0310. The number of anilines is 2. The highest BCUT2D eigenvalue weighted by atomic mass is 35.5. The standard InChI is InChI=1S/C19H19ClN2O3/c1-12(10-13-6-8-14(20)9-7-13)19(24)21-15-4-3-5-16-18(15)25-11-17(23)22(16)2/h3-9,12H,10-11H2,1-2H3,(H,21,24). The molecule has 1 unspecified atom stereocenters. The smallest absolute Gasteiger partial charge is 0.264 e. The van der Waals surface area contributed by atoms with Crippen molar-refractivity contribution < 1.29 is 14.3 Å². The van der Waals surface area contributed by atoms with Crippen LogP contribution in [0.25, 0.3) is 0 Å². The molecule has 0 fully saturated rings. The van der Waals surface area contributed by atoms with Gasteiger partial charge in [0.25, 0.3) is 5.91 Å². The van der Waals surface area contributed by atoms with Crippen LogP contribution in [0.3, 0.4) is 0 Å². The van der Waals surface area contributed by atoms with Gasteiger partial charge in [-0.15, -0.1) is 0 Å². The first-order chi connectivity index (χ1) is 12.0. The third-order valence-corrected chi connectivity index (χ3v) is 4.48. The third-order valence-electron chi connectivity index (χ3n) is 4.23. The number of nitrogens with one attached hydrogen (secondary N) is 1. The van der Waals surface area contributed by atoms with Crippen molar-refractivity contribution in [1.82, 2.24) is 0 Å². The Morgan fingerprint density at radius 1 is 1.28 bits per heavy atom. The summed E-state index contributed by atoms with van der Waals surface area (Å²) < 4.78 is 5.53. The van der Waals surface area contributed by atoms with Crippen molar-refractivity contribution in [3.63, 3.8) is 0 Å². The highest BCUT2D eigenvalue weighted by molar-refractivity contribution is 6.30. The Kier molecular flexibility index (Phi) is 4.95. The lowest BCUT2D eigenvalue weighted by Gasteiger charge is -2.27. The molecule has 0 saturated carbocycles. The Labute approximate surface area is 151 Å². The number of hydrogen-bond donors (Lipinski definition) is 1. The van der Waals surface area contributed by atoms with Gasteiger partial charge < -0.3 is 15.0 Å². The van der Waals surface area contributed by atoms with Gasteiger partial charge in [-0.3, -0.25) is 9.59 Å². The number of amides is 2. The second-order valence-corrected chi connectivity index (χ2v) is 6.55. The summed E-state index contributed by atoms with van der Waals surface area (Å²) in [5, 5.41) is 3.58. The van der Waals surface area contributed by atoms with E-state index < -0.39 is 0 Å². The summed E-state index contributed by atoms with van der Waals surface area (Å²) >= 11 is 5.89. The third kappa shape index (κ3) is 3.77. The van der Waals surface area contributed by atoms with Gasteiger partial charge in [-0.1, -0.05) is 36.7 Å². The van der Waals surface area contributed by atoms with E-state index >= 15 is 0 Å². The van der Waals surface area contributed by atoms with Gasteiger partial charge in [-0.05, 0) is 36.2 Å². The van der Waals surface area contributed by atoms with Crippen molar-refractivity contribution in [2.75, 3.05) is 23.9 Å². The van der Waals surface area contributed by atoms with Crippen LogP contribution in [0.15, 0.2) is 42.5 Å². The molecule has 2 amide bonds. The Balaban J connectivity index is 1.73. The quantitative estimate of drug-likeness (QED) is 0.909. The van der Waals surface area contributed by atoms with Crippen LogP contribution in [-0.4, -0.2) is 25.5 Å². The molecular weight excluding hydrogens is 340 g/mol. The van der Waals surface area contributed by atoms with Crippen molar-refractivity contribution >= 4 is 34.8 Å². The molecule has 3 rings (SSSR count). The lowest BCUT2D eigenvalue weighted by atomic mass is 10.0. The van der Waals surface area contributed by atoms with Crippen LogP contribution in [0.5, 0.6) is 5.75 Å². The predicted molar refractivity (Wildman–Crippen MR) is 98.3 cm³/mol. The van der Waals surface area contributed by atoms with Gasteiger partial charge in [0.15, 0.2) is 12.4 Å². The van der Waals surface area contributed by atoms with Gasteiger partial charge in [-0.2, -0.15) is 0 Å². The number of carbonyl (C=O) groups is 2. The zero-order chi connectivity index (χ0) is 18.0. The molecule has 1 aliphatic heterocycles. The number of fused-ring (bicyclic) bond motifs is 1. The predicted octanol–water partition coefficient (Wildman–Crippen LogP) is 3.51. The van der Waals surface area contributed by atoms with E-state index in [2.05, 4.69) is 5.32 Å². The second kappa shape index (κ2) is 7.15. The normalized spacial score (nSPS) is 14.5. The summed E-state index contributed by atoms with van der Waals surface area (Å²) in [7, 11) is 1.69. The van der Waals surface area contributed by atoms with Crippen LogP contribution >= 0.6 is 11.6 Å². The minimum atomic E-state index is -0.222. The van der Waals surface area contributed by atoms with E-state index in [0.29, 0.717) is 28.6 Å². The number of para-hydroxylation sites is 1. The van der Waals surface area contributed by atoms with E-state index in [9.17, 15) is 9.59 Å². The molecule has 0 aromatic heterocycles. The number of likely N-dealkylation sites (N-methyl/N-ethyl adjacent to an activating group) is 1. The zero-order valence-electron chi connectivity index (χ0n) is 14.1. The van der Waals surface area contributed by atoms with E-state index in [0.717, 1.165) is 5.56 Å². The number of rotatable bonds is 4. The van der Waals surface area contributed by atoms with Crippen molar-refractivity contribution in [3.8, 4) is 5.75 Å². The van der Waals surface area contributed by atoms with Crippen molar-refractivity contribution in [3.05, 3.63) is 53.1 Å². The Bertz CT molecular complexity index is 805. The molecule has 1 atom stereocenters. The van der Waals surface area contributed by atoms with E-state index in [4.69, 9.17) is 16.3 Å². The van der Waals surface area contributed by atoms with Gasteiger partial charge in [0.1, 0.15) is 0 Å². The lowest BCUT2D eigenvalue weighted by Crippen LogP contribution is -2.36. The number of halogens is 1. The Hall–Kier alpha value is -2.53. The van der Waals surface area contributed by atoms with Gasteiger partial charge in [-0.25, -0.2) is 0 Å². The second-order valence-electron chi connectivity index (χ2n) is 6.12. The fourth-order valence-electron chi connectivity index (χ4n) is 2.73. The number of nitrogens with zero attached hydrogens (tertiary/aromatic N) is 1. The molecule has 1 heterocycles. The average Bonchev–Trinajstić information content (AvgIpc) is 2.60. The average molecular weight is 359 g/mol. The lowest BCUT2D eigenvalue weighted by molar-refractivity contribution is -0.121. The van der Waals surface area contributed by atoms with E-state index in [-0.39, 0.29) is 24.3 Å². The van der Waals surface area contributed by atoms with Crippen LogP contribution in [0.1, 0.15) is 12.5 Å². The number of ether oxygens (including phenoxy) is 1. The van der Waals surface area contributed by atoms with Crippen molar-refractivity contribution in [1.29, 1.82) is 0 Å². The van der Waals surface area contributed by atoms with Crippen LogP contribution in [0.4, 0.5) is 11.4 Å². The highest BCUT2D eigenvalue weighted by Gasteiger charge is 2.25. The van der Waals surface area contributed by atoms with E-state index in [1.165, 1.54) is 4.90 Å². The minimum Gasteiger partial charge on any atom is -0.479 e. The van der Waals surface area contributed by atoms with Crippen LogP contribution in [0.2, 0.25) is 5.02 Å². The van der Waals surface area contributed by atoms with Crippen LogP contribution in [0, 0.1) is 5.92 Å². The largest absolute Gasteiger partial charge is 0.479 e. The van der Waals surface area contributed by atoms with E-state index in [1.54, 1.807) is 25.2 Å². The molecule has 5 nitrogen and oxygen atoms in total. The molecule has 0 spiro atoms. The molecule has 0 aliphatic carbocycles. The number of carbonyl (C=O) groups excluding carboxylic acids is 2. The summed E-state index contributed by atoms with van der Waals surface area (Å²) in [5.74, 6) is 0.0789. The maximum absolute atomic E-state index is 12.5. The fourth-order valence-corrected chi connectivity index (χ4v) is 2.85. The summed E-state index contributed by atoms with van der Waals surface area (Å²) in [5.41, 5.74) is 2.27. The summed E-state index contributed by atoms with van der Waals surface area (Å²) in [4.78, 5) is 25.8. The van der Waals surface area contributed by atoms with Crippen LogP contribution < -0.4 is 15.0 Å². The number of benzene rings is 2. The molecule has 2 aromatic rings. The summed E-state index contributed by atoms with van der Waals surface area (Å²) in [6.07, 6.45) is 0.608. The van der Waals surface area contributed by atoms with Crippen molar-refractivity contribution in [2.45, 2.75) is 13.3 Å². The molecule has 0 radical (unpaired) electrons. The maximum atomic E-state index is 12.5. The Morgan fingerprint density at radius 2 is 2.00 bits per heavy atom. The van der Waals surface area contributed by atoms with E-state index in [1.807, 2.05) is 31.2 Å². The van der Waals surface area contributed by atoms with Crippen molar-refractivity contribution in [2.24, 2.45) is 5.92 Å². The monoisotopic (exact) mass is 358 g/mol. The first kappa shape index (κ1) is 17.3. The van der Waals surface area contributed by atoms with Gasteiger partial charge in [0.2, 0.25) is 5.91 Å². The molecule has 6 heteroatoms. The molecule has 2 aromatic carbocycles. The van der Waals surface area contributed by atoms with Crippen LogP contribution in [-0.2, 0) is 16.0 Å². The summed E-state index contributed by atoms with van der Waals surface area (Å²) in [6, 6.07) is 12.8. The summed E-state index contributed by atoms with van der Waals surface area (Å²) in [6.45, 7) is 1.84. The molecule has 0 bridgehead atoms. The van der Waals surface area contributed by atoms with Gasteiger partial charge >= 0.3 is 0 Å².